The van der Waals surface area contributed by atoms with E-state index in [4.69, 9.17) is 17.3 Å². The molecule has 1 atom stereocenters. The average Bonchev–Trinajstić information content (AvgIpc) is 2.42. The van der Waals surface area contributed by atoms with E-state index >= 15 is 0 Å². The van der Waals surface area contributed by atoms with Crippen molar-refractivity contribution in [2.75, 3.05) is 6.54 Å². The Balaban J connectivity index is 2.13. The molecule has 1 nitrogen and oxygen atoms in total. The van der Waals surface area contributed by atoms with Gasteiger partial charge in [-0.25, -0.2) is 4.39 Å². The van der Waals surface area contributed by atoms with Crippen LogP contribution < -0.4 is 5.73 Å². The minimum Gasteiger partial charge on any atom is -0.330 e. The van der Waals surface area contributed by atoms with Crippen molar-refractivity contribution in [3.63, 3.8) is 0 Å². The van der Waals surface area contributed by atoms with Crippen LogP contribution in [0, 0.1) is 11.7 Å². The predicted octanol–water partition coefficient (Wildman–Crippen LogP) is 4.60. The lowest BCUT2D eigenvalue weighted by atomic mass is 9.92. The van der Waals surface area contributed by atoms with Crippen LogP contribution in [0.3, 0.4) is 0 Å². The van der Waals surface area contributed by atoms with E-state index in [1.165, 1.54) is 11.6 Å². The molecule has 2 N–H and O–H groups in total. The number of hydrogen-bond donors (Lipinski definition) is 1. The molecule has 0 aliphatic carbocycles. The normalized spacial score (nSPS) is 12.4. The molecule has 1 unspecified atom stereocenters. The van der Waals surface area contributed by atoms with Gasteiger partial charge in [-0.3, -0.25) is 0 Å². The van der Waals surface area contributed by atoms with Crippen molar-refractivity contribution in [2.24, 2.45) is 11.7 Å². The summed E-state index contributed by atoms with van der Waals surface area (Å²) in [5, 5.41) is 0.470. The van der Waals surface area contributed by atoms with E-state index < -0.39 is 0 Å². The maximum Gasteiger partial charge on any atom is 0.127 e. The Hall–Kier alpha value is -0.900. The Labute approximate surface area is 132 Å². The predicted molar refractivity (Wildman–Crippen MR) is 85.5 cm³/mol. The first-order chi connectivity index (χ1) is 9.60. The van der Waals surface area contributed by atoms with E-state index in [1.807, 2.05) is 12.1 Å². The van der Waals surface area contributed by atoms with E-state index in [9.17, 15) is 4.39 Å². The van der Waals surface area contributed by atoms with Crippen LogP contribution in [0.15, 0.2) is 46.9 Å². The molecule has 4 heteroatoms. The second-order valence-electron chi connectivity index (χ2n) is 4.84. The molecule has 0 radical (unpaired) electrons. The van der Waals surface area contributed by atoms with Crippen LogP contribution in [0.25, 0.3) is 0 Å². The van der Waals surface area contributed by atoms with Crippen molar-refractivity contribution < 1.29 is 4.39 Å². The van der Waals surface area contributed by atoms with Gasteiger partial charge in [-0.05, 0) is 55.1 Å². The molecule has 0 aromatic heterocycles. The smallest absolute Gasteiger partial charge is 0.127 e. The molecule has 0 heterocycles. The van der Waals surface area contributed by atoms with Gasteiger partial charge in [0.05, 0.1) is 0 Å². The van der Waals surface area contributed by atoms with E-state index in [2.05, 4.69) is 28.1 Å². The standard InChI is InChI=1S/C16H16BrClFN/c17-13-4-1-3-11(8-13)7-12(10-20)9-14-15(18)5-2-6-16(14)19/h1-6,8,12H,7,9-10,20H2. The molecule has 106 valence electrons. The number of benzene rings is 2. The minimum atomic E-state index is -0.259. The summed E-state index contributed by atoms with van der Waals surface area (Å²) in [6.07, 6.45) is 1.36. The molecule has 0 spiro atoms. The molecule has 2 rings (SSSR count). The second-order valence-corrected chi connectivity index (χ2v) is 6.16. The Morgan fingerprint density at radius 1 is 1.15 bits per heavy atom. The first-order valence-electron chi connectivity index (χ1n) is 6.47. The fraction of sp³-hybridized carbons (Fsp3) is 0.250. The largest absolute Gasteiger partial charge is 0.330 e. The third-order valence-corrected chi connectivity index (χ3v) is 4.15. The van der Waals surface area contributed by atoms with Crippen LogP contribution in [-0.2, 0) is 12.8 Å². The topological polar surface area (TPSA) is 26.0 Å². The highest BCUT2D eigenvalue weighted by Crippen LogP contribution is 2.24. The van der Waals surface area contributed by atoms with Crippen molar-refractivity contribution in [3.8, 4) is 0 Å². The maximum atomic E-state index is 13.8. The van der Waals surface area contributed by atoms with Gasteiger partial charge in [0.2, 0.25) is 0 Å². The Bertz CT molecular complexity index is 568. The summed E-state index contributed by atoms with van der Waals surface area (Å²) in [4.78, 5) is 0. The first kappa shape index (κ1) is 15.5. The zero-order valence-electron chi connectivity index (χ0n) is 11.0. The number of halogens is 3. The summed E-state index contributed by atoms with van der Waals surface area (Å²) in [6.45, 7) is 0.497. The Morgan fingerprint density at radius 2 is 1.90 bits per heavy atom. The molecule has 0 aliphatic heterocycles. The van der Waals surface area contributed by atoms with Crippen LogP contribution in [0.5, 0.6) is 0 Å². The van der Waals surface area contributed by atoms with Gasteiger partial charge < -0.3 is 5.73 Å². The number of hydrogen-bond acceptors (Lipinski definition) is 1. The molecule has 20 heavy (non-hydrogen) atoms. The van der Waals surface area contributed by atoms with Crippen molar-refractivity contribution in [3.05, 3.63) is 68.9 Å². The summed E-state index contributed by atoms with van der Waals surface area (Å²) in [5.74, 6) is -0.0936. The summed E-state index contributed by atoms with van der Waals surface area (Å²) in [5.41, 5.74) is 7.57. The fourth-order valence-electron chi connectivity index (χ4n) is 2.25. The van der Waals surface area contributed by atoms with Crippen LogP contribution in [-0.4, -0.2) is 6.54 Å². The van der Waals surface area contributed by atoms with Crippen LogP contribution in [0.1, 0.15) is 11.1 Å². The lowest BCUT2D eigenvalue weighted by molar-refractivity contribution is 0.512. The summed E-state index contributed by atoms with van der Waals surface area (Å²) in [6, 6.07) is 12.9. The van der Waals surface area contributed by atoms with Crippen molar-refractivity contribution >= 4 is 27.5 Å². The quantitative estimate of drug-likeness (QED) is 0.832. The van der Waals surface area contributed by atoms with Crippen LogP contribution in [0.4, 0.5) is 4.39 Å². The summed E-state index contributed by atoms with van der Waals surface area (Å²) in [7, 11) is 0. The van der Waals surface area contributed by atoms with E-state index in [0.29, 0.717) is 23.6 Å². The molecule has 0 bridgehead atoms. The zero-order valence-corrected chi connectivity index (χ0v) is 13.3. The lowest BCUT2D eigenvalue weighted by Gasteiger charge is -2.16. The van der Waals surface area contributed by atoms with Gasteiger partial charge in [-0.2, -0.15) is 0 Å². The summed E-state index contributed by atoms with van der Waals surface area (Å²) < 4.78 is 14.9. The molecular formula is C16H16BrClFN. The monoisotopic (exact) mass is 355 g/mol. The molecule has 0 saturated carbocycles. The Kier molecular flexibility index (Phi) is 5.58. The number of nitrogens with two attached hydrogens (primary N) is 1. The molecular weight excluding hydrogens is 341 g/mol. The van der Waals surface area contributed by atoms with Crippen molar-refractivity contribution in [2.45, 2.75) is 12.8 Å². The van der Waals surface area contributed by atoms with Gasteiger partial charge in [0, 0.05) is 15.1 Å². The highest BCUT2D eigenvalue weighted by atomic mass is 79.9. The molecule has 0 amide bonds. The average molecular weight is 357 g/mol. The van der Waals surface area contributed by atoms with Gasteiger partial charge in [0.1, 0.15) is 5.82 Å². The third kappa shape index (κ3) is 4.05. The minimum absolute atomic E-state index is 0.165. The van der Waals surface area contributed by atoms with E-state index in [0.717, 1.165) is 10.9 Å². The Morgan fingerprint density at radius 3 is 2.55 bits per heavy atom. The zero-order chi connectivity index (χ0) is 14.5. The highest BCUT2D eigenvalue weighted by Gasteiger charge is 2.14. The van der Waals surface area contributed by atoms with E-state index in [1.54, 1.807) is 12.1 Å². The molecule has 2 aromatic carbocycles. The second kappa shape index (κ2) is 7.21. The van der Waals surface area contributed by atoms with E-state index in [-0.39, 0.29) is 11.7 Å². The van der Waals surface area contributed by atoms with Crippen LogP contribution >= 0.6 is 27.5 Å². The SMILES string of the molecule is NCC(Cc1cccc(Br)c1)Cc1c(F)cccc1Cl. The highest BCUT2D eigenvalue weighted by molar-refractivity contribution is 9.10. The van der Waals surface area contributed by atoms with Gasteiger partial charge in [-0.15, -0.1) is 0 Å². The molecule has 0 aliphatic rings. The molecule has 2 aromatic rings. The molecule has 0 fully saturated rings. The lowest BCUT2D eigenvalue weighted by Crippen LogP contribution is -2.20. The third-order valence-electron chi connectivity index (χ3n) is 3.30. The van der Waals surface area contributed by atoms with Gasteiger partial charge in [0.25, 0.3) is 0 Å². The number of rotatable bonds is 5. The van der Waals surface area contributed by atoms with Crippen molar-refractivity contribution in [1.29, 1.82) is 0 Å². The van der Waals surface area contributed by atoms with Crippen LogP contribution in [0.2, 0.25) is 5.02 Å². The maximum absolute atomic E-state index is 13.8. The van der Waals surface area contributed by atoms with Gasteiger partial charge >= 0.3 is 0 Å². The van der Waals surface area contributed by atoms with Gasteiger partial charge in [0.15, 0.2) is 0 Å². The first-order valence-corrected chi connectivity index (χ1v) is 7.64. The fourth-order valence-corrected chi connectivity index (χ4v) is 2.94. The molecule has 0 saturated heterocycles. The summed E-state index contributed by atoms with van der Waals surface area (Å²) >= 11 is 9.52. The van der Waals surface area contributed by atoms with Crippen molar-refractivity contribution in [1.82, 2.24) is 0 Å². The van der Waals surface area contributed by atoms with Gasteiger partial charge in [-0.1, -0.05) is 45.7 Å².